The maximum absolute atomic E-state index is 12.2. The summed E-state index contributed by atoms with van der Waals surface area (Å²) in [5.74, 6) is 0.317. The predicted octanol–water partition coefficient (Wildman–Crippen LogP) is 2.41. The number of carbonyl (C=O) groups excluding carboxylic acids is 1. The van der Waals surface area contributed by atoms with Gasteiger partial charge in [-0.3, -0.25) is 10.1 Å². The van der Waals surface area contributed by atoms with E-state index in [0.717, 1.165) is 23.9 Å². The Hall–Kier alpha value is -2.76. The van der Waals surface area contributed by atoms with E-state index in [1.165, 1.54) is 6.33 Å². The third-order valence-electron chi connectivity index (χ3n) is 3.55. The van der Waals surface area contributed by atoms with Gasteiger partial charge in [-0.25, -0.2) is 15.0 Å². The molecule has 0 unspecified atom stereocenters. The topological polar surface area (TPSA) is 72.7 Å². The minimum atomic E-state index is -0.269. The molecule has 1 N–H and O–H groups in total. The Morgan fingerprint density at radius 1 is 1.24 bits per heavy atom. The van der Waals surface area contributed by atoms with Crippen molar-refractivity contribution in [1.29, 1.82) is 0 Å². The zero-order valence-corrected chi connectivity index (χ0v) is 11.2. The first kappa shape index (κ1) is 12.0. The maximum Gasteiger partial charge on any atom is 0.276 e. The van der Waals surface area contributed by atoms with Crippen LogP contribution in [0.4, 0.5) is 5.95 Å². The fourth-order valence-corrected chi connectivity index (χ4v) is 2.43. The second kappa shape index (κ2) is 4.66. The third kappa shape index (κ3) is 2.14. The highest BCUT2D eigenvalue weighted by Gasteiger charge is 2.28. The number of imidazole rings is 1. The Balaban J connectivity index is 1.73. The van der Waals surface area contributed by atoms with Gasteiger partial charge >= 0.3 is 0 Å². The largest absolute Gasteiger partial charge is 0.307 e. The normalized spacial score (nSPS) is 14.3. The summed E-state index contributed by atoms with van der Waals surface area (Å²) in [5, 5.41) is 2.86. The van der Waals surface area contributed by atoms with Crippen LogP contribution in [0, 0.1) is 0 Å². The lowest BCUT2D eigenvalue weighted by Crippen LogP contribution is -2.17. The van der Waals surface area contributed by atoms with E-state index < -0.39 is 0 Å². The van der Waals surface area contributed by atoms with Gasteiger partial charge in [0.2, 0.25) is 5.95 Å². The molecule has 1 saturated carbocycles. The van der Waals surface area contributed by atoms with Crippen LogP contribution in [-0.2, 0) is 0 Å². The van der Waals surface area contributed by atoms with Gasteiger partial charge in [-0.2, -0.15) is 0 Å². The molecule has 1 amide bonds. The average molecular weight is 279 g/mol. The molecule has 0 aliphatic heterocycles. The molecular formula is C15H13N5O. The van der Waals surface area contributed by atoms with Crippen LogP contribution < -0.4 is 5.32 Å². The van der Waals surface area contributed by atoms with E-state index in [-0.39, 0.29) is 5.91 Å². The van der Waals surface area contributed by atoms with Gasteiger partial charge in [0.1, 0.15) is 12.0 Å². The summed E-state index contributed by atoms with van der Waals surface area (Å²) in [6, 6.07) is 9.93. The highest BCUT2D eigenvalue weighted by Crippen LogP contribution is 2.40. The van der Waals surface area contributed by atoms with E-state index in [4.69, 9.17) is 0 Å². The van der Waals surface area contributed by atoms with E-state index >= 15 is 0 Å². The van der Waals surface area contributed by atoms with E-state index in [0.29, 0.717) is 17.7 Å². The van der Waals surface area contributed by atoms with E-state index in [2.05, 4.69) is 24.8 Å². The Kier molecular flexibility index (Phi) is 2.67. The molecule has 2 heterocycles. The molecule has 0 radical (unpaired) electrons. The summed E-state index contributed by atoms with van der Waals surface area (Å²) >= 11 is 0. The molecule has 0 atom stereocenters. The van der Waals surface area contributed by atoms with Crippen molar-refractivity contribution in [3.63, 3.8) is 0 Å². The molecule has 1 aromatic carbocycles. The van der Waals surface area contributed by atoms with Crippen LogP contribution in [0.25, 0.3) is 11.0 Å². The number of para-hydroxylation sites is 2. The first-order valence-electron chi connectivity index (χ1n) is 6.87. The lowest BCUT2D eigenvalue weighted by atomic mass is 10.3. The van der Waals surface area contributed by atoms with Crippen molar-refractivity contribution >= 4 is 22.9 Å². The van der Waals surface area contributed by atoms with Crippen LogP contribution in [0.15, 0.2) is 42.9 Å². The van der Waals surface area contributed by atoms with Crippen LogP contribution in [0.3, 0.4) is 0 Å². The Labute approximate surface area is 120 Å². The van der Waals surface area contributed by atoms with Crippen LogP contribution in [-0.4, -0.2) is 25.4 Å². The number of hydrogen-bond acceptors (Lipinski definition) is 4. The molecule has 0 bridgehead atoms. The summed E-state index contributed by atoms with van der Waals surface area (Å²) in [5.41, 5.74) is 2.28. The predicted molar refractivity (Wildman–Crippen MR) is 78.0 cm³/mol. The molecule has 4 rings (SSSR count). The number of rotatable bonds is 3. The van der Waals surface area contributed by atoms with Gasteiger partial charge in [0, 0.05) is 12.2 Å². The van der Waals surface area contributed by atoms with Gasteiger partial charge in [0.25, 0.3) is 5.91 Å². The lowest BCUT2D eigenvalue weighted by Gasteiger charge is -2.08. The molecule has 1 fully saturated rings. The monoisotopic (exact) mass is 279 g/mol. The number of hydrogen-bond donors (Lipinski definition) is 1. The molecule has 1 aliphatic carbocycles. The molecule has 2 aromatic heterocycles. The summed E-state index contributed by atoms with van der Waals surface area (Å²) in [6.45, 7) is 0. The molecule has 21 heavy (non-hydrogen) atoms. The molecule has 6 heteroatoms. The number of carbonyl (C=O) groups is 1. The number of aromatic nitrogens is 4. The number of benzene rings is 1. The van der Waals surface area contributed by atoms with Gasteiger partial charge in [-0.05, 0) is 31.0 Å². The van der Waals surface area contributed by atoms with Crippen molar-refractivity contribution in [2.75, 3.05) is 5.32 Å². The average Bonchev–Trinajstić information content (AvgIpc) is 3.29. The minimum absolute atomic E-state index is 0.269. The van der Waals surface area contributed by atoms with Crippen molar-refractivity contribution in [2.45, 2.75) is 18.9 Å². The molecule has 0 saturated heterocycles. The van der Waals surface area contributed by atoms with Crippen LogP contribution in [0.1, 0.15) is 29.4 Å². The number of nitrogens with one attached hydrogen (secondary N) is 1. The van der Waals surface area contributed by atoms with Crippen molar-refractivity contribution in [2.24, 2.45) is 0 Å². The standard InChI is InChI=1S/C15H13N5O/c21-14(12-7-8-16-9-17-12)19-15-18-11-3-1-2-4-13(11)20(15)10-5-6-10/h1-4,7-10H,5-6H2,(H,18,19,21). The van der Waals surface area contributed by atoms with Crippen LogP contribution >= 0.6 is 0 Å². The fraction of sp³-hybridized carbons (Fsp3) is 0.200. The van der Waals surface area contributed by atoms with Gasteiger partial charge in [-0.15, -0.1) is 0 Å². The van der Waals surface area contributed by atoms with E-state index in [9.17, 15) is 4.79 Å². The number of amides is 1. The molecule has 104 valence electrons. The van der Waals surface area contributed by atoms with Crippen molar-refractivity contribution < 1.29 is 4.79 Å². The first-order chi connectivity index (χ1) is 10.3. The zero-order valence-electron chi connectivity index (χ0n) is 11.2. The fourth-order valence-electron chi connectivity index (χ4n) is 2.43. The number of anilines is 1. The highest BCUT2D eigenvalue weighted by molar-refractivity contribution is 6.02. The van der Waals surface area contributed by atoms with Crippen molar-refractivity contribution in [3.8, 4) is 0 Å². The Morgan fingerprint density at radius 2 is 2.10 bits per heavy atom. The quantitative estimate of drug-likeness (QED) is 0.799. The highest BCUT2D eigenvalue weighted by atomic mass is 16.2. The zero-order chi connectivity index (χ0) is 14.2. The first-order valence-corrected chi connectivity index (χ1v) is 6.87. The lowest BCUT2D eigenvalue weighted by molar-refractivity contribution is 0.102. The maximum atomic E-state index is 12.2. The molecular weight excluding hydrogens is 266 g/mol. The summed E-state index contributed by atoms with van der Waals surface area (Å²) in [7, 11) is 0. The Morgan fingerprint density at radius 3 is 2.86 bits per heavy atom. The second-order valence-electron chi connectivity index (χ2n) is 5.07. The van der Waals surface area contributed by atoms with Crippen molar-refractivity contribution in [1.82, 2.24) is 19.5 Å². The Bertz CT molecular complexity index is 807. The SMILES string of the molecule is O=C(Nc1nc2ccccc2n1C1CC1)c1ccncn1. The number of fused-ring (bicyclic) bond motifs is 1. The van der Waals surface area contributed by atoms with Crippen molar-refractivity contribution in [3.05, 3.63) is 48.5 Å². The van der Waals surface area contributed by atoms with E-state index in [1.54, 1.807) is 12.3 Å². The van der Waals surface area contributed by atoms with Gasteiger partial charge < -0.3 is 4.57 Å². The molecule has 0 spiro atoms. The summed E-state index contributed by atoms with van der Waals surface area (Å²) in [6.07, 6.45) is 5.15. The van der Waals surface area contributed by atoms with Gasteiger partial charge in [0.05, 0.1) is 11.0 Å². The van der Waals surface area contributed by atoms with Crippen LogP contribution in [0.2, 0.25) is 0 Å². The molecule has 3 aromatic rings. The van der Waals surface area contributed by atoms with Gasteiger partial charge in [0.15, 0.2) is 0 Å². The molecule has 1 aliphatic rings. The second-order valence-corrected chi connectivity index (χ2v) is 5.07. The minimum Gasteiger partial charge on any atom is -0.307 e. The number of nitrogens with zero attached hydrogens (tertiary/aromatic N) is 4. The summed E-state index contributed by atoms with van der Waals surface area (Å²) < 4.78 is 2.11. The third-order valence-corrected chi connectivity index (χ3v) is 3.55. The summed E-state index contributed by atoms with van der Waals surface area (Å²) in [4.78, 5) is 24.5. The van der Waals surface area contributed by atoms with Crippen LogP contribution in [0.5, 0.6) is 0 Å². The molecule has 6 nitrogen and oxygen atoms in total. The van der Waals surface area contributed by atoms with E-state index in [1.807, 2.05) is 24.3 Å². The smallest absolute Gasteiger partial charge is 0.276 e. The van der Waals surface area contributed by atoms with Gasteiger partial charge in [-0.1, -0.05) is 12.1 Å².